The van der Waals surface area contributed by atoms with Crippen LogP contribution in [0, 0.1) is 0 Å². The van der Waals surface area contributed by atoms with Crippen molar-refractivity contribution in [1.82, 2.24) is 0 Å². The molecule has 0 aliphatic heterocycles. The molecule has 8 heteroatoms. The smallest absolute Gasteiger partial charge is 0.788 e. The first-order valence-electron chi connectivity index (χ1n) is 3.00. The Bertz CT molecular complexity index is 159. The molecule has 0 saturated heterocycles. The minimum atomic E-state index is -4.96. The van der Waals surface area contributed by atoms with Gasteiger partial charge in [0.2, 0.25) is 0 Å². The van der Waals surface area contributed by atoms with Crippen LogP contribution in [0.15, 0.2) is 12.7 Å². The third-order valence-electron chi connectivity index (χ3n) is 0.780. The zero-order valence-electron chi connectivity index (χ0n) is 7.89. The molecule has 0 fully saturated rings. The minimum absolute atomic E-state index is 0. The summed E-state index contributed by atoms with van der Waals surface area (Å²) in [5.74, 6) is 0. The van der Waals surface area contributed by atoms with Crippen molar-refractivity contribution >= 4 is 7.82 Å². The Kier molecular flexibility index (Phi) is 21.6. The molecule has 0 spiro atoms. The van der Waals surface area contributed by atoms with Gasteiger partial charge in [0.15, 0.2) is 0 Å². The molecule has 0 amide bonds. The molecule has 0 N–H and O–H groups in total. The SMILES string of the molecule is C=CCCCOOP(=O)([O-])[O-].[K+].[K+]. The molecule has 0 aromatic carbocycles. The largest absolute Gasteiger partial charge is 1.00 e. The maximum atomic E-state index is 9.77. The van der Waals surface area contributed by atoms with E-state index in [2.05, 4.69) is 16.1 Å². The van der Waals surface area contributed by atoms with Crippen molar-refractivity contribution in [1.29, 1.82) is 0 Å². The zero-order valence-corrected chi connectivity index (χ0v) is 15.0. The van der Waals surface area contributed by atoms with E-state index in [1.54, 1.807) is 6.08 Å². The first-order chi connectivity index (χ1) is 5.06. The summed E-state index contributed by atoms with van der Waals surface area (Å²) in [6, 6.07) is 0. The van der Waals surface area contributed by atoms with Crippen molar-refractivity contribution in [2.45, 2.75) is 12.8 Å². The van der Waals surface area contributed by atoms with Crippen molar-refractivity contribution in [2.75, 3.05) is 6.61 Å². The van der Waals surface area contributed by atoms with E-state index in [1.165, 1.54) is 0 Å². The number of allylic oxidation sites excluding steroid dienone is 1. The van der Waals surface area contributed by atoms with E-state index in [0.29, 0.717) is 12.8 Å². The van der Waals surface area contributed by atoms with Gasteiger partial charge in [-0.1, -0.05) is 6.08 Å². The fourth-order valence-corrected chi connectivity index (χ4v) is 0.592. The molecule has 0 heterocycles. The normalized spacial score (nSPS) is 9.69. The Morgan fingerprint density at radius 1 is 1.38 bits per heavy atom. The molecule has 0 aliphatic carbocycles. The summed E-state index contributed by atoms with van der Waals surface area (Å²) >= 11 is 0. The number of unbranched alkanes of at least 4 members (excludes halogenated alkanes) is 1. The molecule has 0 bridgehead atoms. The van der Waals surface area contributed by atoms with Gasteiger partial charge in [-0.2, -0.15) is 0 Å². The van der Waals surface area contributed by atoms with Crippen molar-refractivity contribution in [3.63, 3.8) is 0 Å². The van der Waals surface area contributed by atoms with E-state index in [1.807, 2.05) is 0 Å². The molecule has 0 aromatic heterocycles. The van der Waals surface area contributed by atoms with Crippen LogP contribution in [-0.4, -0.2) is 6.61 Å². The van der Waals surface area contributed by atoms with Crippen LogP contribution >= 0.6 is 7.82 Å². The van der Waals surface area contributed by atoms with E-state index >= 15 is 0 Å². The summed E-state index contributed by atoms with van der Waals surface area (Å²) < 4.78 is 13.3. The van der Waals surface area contributed by atoms with E-state index in [4.69, 9.17) is 0 Å². The number of hydrogen-bond acceptors (Lipinski definition) is 5. The quantitative estimate of drug-likeness (QED) is 0.118. The van der Waals surface area contributed by atoms with Gasteiger partial charge < -0.3 is 14.4 Å². The Morgan fingerprint density at radius 2 is 1.92 bits per heavy atom. The van der Waals surface area contributed by atoms with E-state index in [9.17, 15) is 14.4 Å². The summed E-state index contributed by atoms with van der Waals surface area (Å²) in [4.78, 5) is 23.6. The van der Waals surface area contributed by atoms with E-state index in [-0.39, 0.29) is 109 Å². The standard InChI is InChI=1S/C5H11O5P.2K/c1-2-3-4-5-9-10-11(6,7)8;;/h2H,1,3-5H2,(H2,6,7,8);;/q;2*+1/p-2. The van der Waals surface area contributed by atoms with Gasteiger partial charge >= 0.3 is 103 Å². The molecule has 13 heavy (non-hydrogen) atoms. The fourth-order valence-electron chi connectivity index (χ4n) is 0.388. The molecule has 0 rings (SSSR count). The molecular formula is C5H9K2O5P. The molecule has 0 radical (unpaired) electrons. The van der Waals surface area contributed by atoms with Crippen LogP contribution in [0.5, 0.6) is 0 Å². The zero-order chi connectivity index (χ0) is 8.74. The average molecular weight is 258 g/mol. The molecule has 0 saturated carbocycles. The van der Waals surface area contributed by atoms with Crippen LogP contribution < -0.4 is 113 Å². The number of rotatable bonds is 6. The molecule has 0 atom stereocenters. The van der Waals surface area contributed by atoms with Gasteiger partial charge in [0.05, 0.1) is 6.61 Å². The maximum absolute atomic E-state index is 9.77. The van der Waals surface area contributed by atoms with Crippen molar-refractivity contribution in [3.05, 3.63) is 12.7 Å². The molecular weight excluding hydrogens is 249 g/mol. The van der Waals surface area contributed by atoms with E-state index in [0.717, 1.165) is 0 Å². The monoisotopic (exact) mass is 258 g/mol. The summed E-state index contributed by atoms with van der Waals surface area (Å²) in [5, 5.41) is 0. The first-order valence-corrected chi connectivity index (χ1v) is 4.46. The minimum Gasteiger partial charge on any atom is -0.788 e. The van der Waals surface area contributed by atoms with E-state index < -0.39 is 7.82 Å². The predicted molar refractivity (Wildman–Crippen MR) is 34.1 cm³/mol. The number of hydrogen-bond donors (Lipinski definition) is 0. The Morgan fingerprint density at radius 3 is 2.31 bits per heavy atom. The molecule has 5 nitrogen and oxygen atoms in total. The summed E-state index contributed by atoms with van der Waals surface area (Å²) in [6.45, 7) is 3.50. The van der Waals surface area contributed by atoms with Crippen LogP contribution in [0.4, 0.5) is 0 Å². The van der Waals surface area contributed by atoms with Gasteiger partial charge in [-0.3, -0.25) is 0 Å². The molecule has 66 valence electrons. The second-order valence-electron chi connectivity index (χ2n) is 1.77. The maximum Gasteiger partial charge on any atom is 1.00 e. The first kappa shape index (κ1) is 21.4. The van der Waals surface area contributed by atoms with Crippen LogP contribution in [0.3, 0.4) is 0 Å². The summed E-state index contributed by atoms with van der Waals surface area (Å²) in [6.07, 6.45) is 2.91. The Labute approximate surface area is 163 Å². The molecule has 0 unspecified atom stereocenters. The predicted octanol–water partition coefficient (Wildman–Crippen LogP) is -6.26. The van der Waals surface area contributed by atoms with Crippen molar-refractivity contribution in [3.8, 4) is 0 Å². The van der Waals surface area contributed by atoms with Crippen molar-refractivity contribution < 1.29 is 127 Å². The van der Waals surface area contributed by atoms with Gasteiger partial charge in [-0.15, -0.1) is 6.58 Å². The fraction of sp³-hybridized carbons (Fsp3) is 0.600. The van der Waals surface area contributed by atoms with Gasteiger partial charge in [0, 0.05) is 0 Å². The molecule has 0 aliphatic rings. The van der Waals surface area contributed by atoms with Crippen LogP contribution in [0.2, 0.25) is 0 Å². The van der Waals surface area contributed by atoms with Gasteiger partial charge in [-0.05, 0) is 12.8 Å². The van der Waals surface area contributed by atoms with Gasteiger partial charge in [-0.25, -0.2) is 9.56 Å². The van der Waals surface area contributed by atoms with Gasteiger partial charge in [0.1, 0.15) is 7.82 Å². The second kappa shape index (κ2) is 13.1. The average Bonchev–Trinajstić information content (AvgIpc) is 1.85. The Hall–Kier alpha value is 3.08. The number of phosphoric acid groups is 1. The third-order valence-corrected chi connectivity index (χ3v) is 1.07. The molecule has 0 aromatic rings. The second-order valence-corrected chi connectivity index (χ2v) is 2.82. The summed E-state index contributed by atoms with van der Waals surface area (Å²) in [5.41, 5.74) is 0. The van der Waals surface area contributed by atoms with Crippen LogP contribution in [0.25, 0.3) is 0 Å². The summed E-state index contributed by atoms with van der Waals surface area (Å²) in [7, 11) is -4.96. The third kappa shape index (κ3) is 21.0. The van der Waals surface area contributed by atoms with Gasteiger partial charge in [0.25, 0.3) is 0 Å². The Balaban J connectivity index is -0.000000500. The van der Waals surface area contributed by atoms with Crippen molar-refractivity contribution in [2.24, 2.45) is 0 Å². The van der Waals surface area contributed by atoms with Crippen LogP contribution in [0.1, 0.15) is 12.8 Å². The topological polar surface area (TPSA) is 81.7 Å². The van der Waals surface area contributed by atoms with Crippen LogP contribution in [-0.2, 0) is 14.1 Å².